The van der Waals surface area contributed by atoms with Gasteiger partial charge in [0.05, 0.1) is 25.3 Å². The Kier molecular flexibility index (Phi) is 6.53. The van der Waals surface area contributed by atoms with Crippen molar-refractivity contribution in [3.63, 3.8) is 0 Å². The number of carbonyl (C=O) groups is 1. The van der Waals surface area contributed by atoms with Crippen molar-refractivity contribution in [1.29, 1.82) is 0 Å². The van der Waals surface area contributed by atoms with Crippen LogP contribution in [0.15, 0.2) is 61.2 Å². The van der Waals surface area contributed by atoms with Crippen molar-refractivity contribution in [3.05, 3.63) is 77.9 Å². The van der Waals surface area contributed by atoms with Crippen LogP contribution in [-0.2, 0) is 12.1 Å². The van der Waals surface area contributed by atoms with E-state index in [1.807, 2.05) is 43.3 Å². The Morgan fingerprint density at radius 2 is 2.06 bits per heavy atom. The summed E-state index contributed by atoms with van der Waals surface area (Å²) >= 11 is 0. The number of benzene rings is 2. The predicted octanol–water partition coefficient (Wildman–Crippen LogP) is 1.99. The van der Waals surface area contributed by atoms with Gasteiger partial charge >= 0.3 is 0 Å². The molecule has 1 saturated heterocycles. The van der Waals surface area contributed by atoms with Crippen LogP contribution in [0.2, 0.25) is 0 Å². The van der Waals surface area contributed by atoms with Gasteiger partial charge in [0.1, 0.15) is 18.4 Å². The molecule has 1 aliphatic heterocycles. The number of hydrogen-bond donors (Lipinski definition) is 2. The fourth-order valence-electron chi connectivity index (χ4n) is 4.37. The summed E-state index contributed by atoms with van der Waals surface area (Å²) in [5, 5.41) is 18.6. The number of nitrogens with one attached hydrogen (secondary N) is 1. The van der Waals surface area contributed by atoms with Gasteiger partial charge < -0.3 is 15.2 Å². The summed E-state index contributed by atoms with van der Waals surface area (Å²) in [5.41, 5.74) is 1.47. The Morgan fingerprint density at radius 1 is 1.25 bits per heavy atom. The Morgan fingerprint density at radius 3 is 2.72 bits per heavy atom. The number of aliphatic hydroxyl groups is 1. The zero-order valence-electron chi connectivity index (χ0n) is 18.4. The molecule has 0 unspecified atom stereocenters. The van der Waals surface area contributed by atoms with Crippen LogP contribution in [0.5, 0.6) is 5.75 Å². The Bertz CT molecular complexity index is 1040. The molecule has 2 heterocycles. The van der Waals surface area contributed by atoms with Crippen molar-refractivity contribution in [2.45, 2.75) is 31.5 Å². The number of likely N-dealkylation sites (tertiary alicyclic amines) is 1. The van der Waals surface area contributed by atoms with Gasteiger partial charge in [0, 0.05) is 25.2 Å². The minimum Gasteiger partial charge on any atom is -0.496 e. The molecule has 168 valence electrons. The Hall–Kier alpha value is -3.23. The third-order valence-corrected chi connectivity index (χ3v) is 6.22. The SMILES string of the molecule is COc1ccc(C(=O)N[C@]2(c3ccccc3)CCN(CCn3cncn3)C[C@H]2O)cc1C. The molecule has 32 heavy (non-hydrogen) atoms. The van der Waals surface area contributed by atoms with Crippen LogP contribution in [0.3, 0.4) is 0 Å². The third kappa shape index (κ3) is 4.51. The van der Waals surface area contributed by atoms with Gasteiger partial charge in [0.25, 0.3) is 5.91 Å². The monoisotopic (exact) mass is 435 g/mol. The third-order valence-electron chi connectivity index (χ3n) is 6.22. The van der Waals surface area contributed by atoms with Gasteiger partial charge in [0.15, 0.2) is 0 Å². The zero-order chi connectivity index (χ0) is 22.6. The van der Waals surface area contributed by atoms with Gasteiger partial charge in [-0.3, -0.25) is 14.4 Å². The van der Waals surface area contributed by atoms with E-state index < -0.39 is 11.6 Å². The normalized spacial score (nSPS) is 21.3. The summed E-state index contributed by atoms with van der Waals surface area (Å²) < 4.78 is 7.09. The van der Waals surface area contributed by atoms with E-state index in [1.165, 1.54) is 6.33 Å². The number of aliphatic hydroxyl groups excluding tert-OH is 1. The lowest BCUT2D eigenvalue weighted by Gasteiger charge is -2.46. The number of aromatic nitrogens is 3. The molecule has 1 fully saturated rings. The summed E-state index contributed by atoms with van der Waals surface area (Å²) in [6, 6.07) is 15.1. The number of carbonyl (C=O) groups excluding carboxylic acids is 1. The maximum absolute atomic E-state index is 13.3. The highest BCUT2D eigenvalue weighted by Crippen LogP contribution is 2.34. The van der Waals surface area contributed by atoms with Crippen molar-refractivity contribution in [1.82, 2.24) is 25.0 Å². The molecule has 0 aliphatic carbocycles. The van der Waals surface area contributed by atoms with E-state index in [2.05, 4.69) is 20.3 Å². The summed E-state index contributed by atoms with van der Waals surface area (Å²) in [4.78, 5) is 19.4. The molecule has 0 bridgehead atoms. The first-order chi connectivity index (χ1) is 15.5. The minimum absolute atomic E-state index is 0.213. The topological polar surface area (TPSA) is 92.5 Å². The predicted molar refractivity (Wildman–Crippen MR) is 120 cm³/mol. The molecule has 1 aromatic heterocycles. The van der Waals surface area contributed by atoms with Crippen LogP contribution in [0.1, 0.15) is 27.9 Å². The zero-order valence-corrected chi connectivity index (χ0v) is 18.4. The molecule has 1 aliphatic rings. The quantitative estimate of drug-likeness (QED) is 0.590. The molecule has 2 atom stereocenters. The maximum atomic E-state index is 13.3. The van der Waals surface area contributed by atoms with Gasteiger partial charge in [-0.15, -0.1) is 0 Å². The number of nitrogens with zero attached hydrogens (tertiary/aromatic N) is 4. The molecule has 2 aromatic carbocycles. The molecular formula is C24H29N5O3. The van der Waals surface area contributed by atoms with Crippen molar-refractivity contribution in [2.75, 3.05) is 26.7 Å². The summed E-state index contributed by atoms with van der Waals surface area (Å²) in [6.45, 7) is 4.54. The molecule has 8 nitrogen and oxygen atoms in total. The molecule has 4 rings (SSSR count). The molecule has 0 spiro atoms. The fraction of sp³-hybridized carbons (Fsp3) is 0.375. The first-order valence-electron chi connectivity index (χ1n) is 10.8. The van der Waals surface area contributed by atoms with E-state index in [4.69, 9.17) is 4.74 Å². The van der Waals surface area contributed by atoms with Crippen LogP contribution in [0, 0.1) is 6.92 Å². The number of amides is 1. The number of piperidine rings is 1. The van der Waals surface area contributed by atoms with E-state index in [9.17, 15) is 9.90 Å². The highest BCUT2D eigenvalue weighted by Gasteiger charge is 2.45. The van der Waals surface area contributed by atoms with Gasteiger partial charge in [-0.05, 0) is 42.7 Å². The van der Waals surface area contributed by atoms with Crippen molar-refractivity contribution < 1.29 is 14.6 Å². The number of β-amino-alcohol motifs (C(OH)–C–C–N with tert-alkyl or cyclic N) is 1. The number of aryl methyl sites for hydroxylation is 1. The fourth-order valence-corrected chi connectivity index (χ4v) is 4.37. The Balaban J connectivity index is 1.54. The second-order valence-corrected chi connectivity index (χ2v) is 8.20. The van der Waals surface area contributed by atoms with Crippen LogP contribution >= 0.6 is 0 Å². The molecular weight excluding hydrogens is 406 g/mol. The first-order valence-corrected chi connectivity index (χ1v) is 10.8. The summed E-state index contributed by atoms with van der Waals surface area (Å²) in [7, 11) is 1.61. The van der Waals surface area contributed by atoms with E-state index in [0.717, 1.165) is 30.0 Å². The van der Waals surface area contributed by atoms with Crippen LogP contribution in [0.25, 0.3) is 0 Å². The summed E-state index contributed by atoms with van der Waals surface area (Å²) in [5.74, 6) is 0.523. The highest BCUT2D eigenvalue weighted by molar-refractivity contribution is 5.95. The van der Waals surface area contributed by atoms with Gasteiger partial charge in [0.2, 0.25) is 0 Å². The van der Waals surface area contributed by atoms with Crippen molar-refractivity contribution >= 4 is 5.91 Å². The second kappa shape index (κ2) is 9.50. The van der Waals surface area contributed by atoms with Crippen LogP contribution in [0.4, 0.5) is 0 Å². The molecule has 0 saturated carbocycles. The van der Waals surface area contributed by atoms with Crippen LogP contribution in [-0.4, -0.2) is 63.5 Å². The number of methoxy groups -OCH3 is 1. The average molecular weight is 436 g/mol. The van der Waals surface area contributed by atoms with E-state index in [1.54, 1.807) is 30.3 Å². The van der Waals surface area contributed by atoms with E-state index in [-0.39, 0.29) is 5.91 Å². The lowest BCUT2D eigenvalue weighted by molar-refractivity contribution is -0.0165. The van der Waals surface area contributed by atoms with Crippen LogP contribution < -0.4 is 10.1 Å². The molecule has 8 heteroatoms. The smallest absolute Gasteiger partial charge is 0.252 e. The lowest BCUT2D eigenvalue weighted by atomic mass is 9.78. The minimum atomic E-state index is -0.865. The van der Waals surface area contributed by atoms with E-state index in [0.29, 0.717) is 25.1 Å². The maximum Gasteiger partial charge on any atom is 0.252 e. The van der Waals surface area contributed by atoms with Gasteiger partial charge in [-0.25, -0.2) is 4.98 Å². The molecule has 2 N–H and O–H groups in total. The summed E-state index contributed by atoms with van der Waals surface area (Å²) in [6.07, 6.45) is 3.03. The molecule has 3 aromatic rings. The lowest BCUT2D eigenvalue weighted by Crippen LogP contribution is -2.62. The highest BCUT2D eigenvalue weighted by atomic mass is 16.5. The van der Waals surface area contributed by atoms with Crippen molar-refractivity contribution in [3.8, 4) is 5.75 Å². The van der Waals surface area contributed by atoms with Gasteiger partial charge in [-0.2, -0.15) is 5.10 Å². The van der Waals surface area contributed by atoms with E-state index >= 15 is 0 Å². The molecule has 0 radical (unpaired) electrons. The average Bonchev–Trinajstić information content (AvgIpc) is 3.33. The number of hydrogen-bond acceptors (Lipinski definition) is 6. The van der Waals surface area contributed by atoms with Crippen molar-refractivity contribution in [2.24, 2.45) is 0 Å². The standard InChI is InChI=1S/C24H29N5O3/c1-18-14-19(8-9-21(18)32-2)23(31)27-24(20-6-4-3-5-7-20)10-11-28(15-22(24)30)12-13-29-17-25-16-26-29/h3-9,14,16-17,22,30H,10-13,15H2,1-2H3,(H,27,31)/t22-,24+/m1/s1. The Labute approximate surface area is 187 Å². The molecule has 1 amide bonds. The first kappa shape index (κ1) is 22.0. The second-order valence-electron chi connectivity index (χ2n) is 8.20. The number of rotatable bonds is 7. The van der Waals surface area contributed by atoms with Gasteiger partial charge in [-0.1, -0.05) is 30.3 Å². The largest absolute Gasteiger partial charge is 0.496 e. The number of ether oxygens (including phenoxy) is 1.